The zero-order valence-corrected chi connectivity index (χ0v) is 11.1. The summed E-state index contributed by atoms with van der Waals surface area (Å²) in [5, 5.41) is 11.6. The molecule has 2 amide bonds. The molecule has 1 aliphatic heterocycles. The van der Waals surface area contributed by atoms with Gasteiger partial charge in [0.2, 0.25) is 11.8 Å². The average molecular weight is 268 g/mol. The molecule has 0 aromatic heterocycles. The van der Waals surface area contributed by atoms with Crippen LogP contribution in [0.4, 0.5) is 0 Å². The summed E-state index contributed by atoms with van der Waals surface area (Å²) in [5.74, 6) is -0.336. The molecule has 1 aliphatic carbocycles. The molecule has 1 saturated heterocycles. The number of nitrogens with zero attached hydrogens (tertiary/aromatic N) is 3. The van der Waals surface area contributed by atoms with Crippen LogP contribution in [0, 0.1) is 5.41 Å². The topological polar surface area (TPSA) is 99.2 Å². The second-order valence-electron chi connectivity index (χ2n) is 5.32. The smallest absolute Gasteiger partial charge is 0.242 e. The highest BCUT2D eigenvalue weighted by Gasteiger charge is 2.55. The highest BCUT2D eigenvalue weighted by molar-refractivity contribution is 6.09. The van der Waals surface area contributed by atoms with Crippen molar-refractivity contribution in [2.75, 3.05) is 26.7 Å². The zero-order chi connectivity index (χ0) is 14.0. The highest BCUT2D eigenvalue weighted by Crippen LogP contribution is 2.47. The van der Waals surface area contributed by atoms with Crippen LogP contribution in [-0.2, 0) is 9.59 Å². The van der Waals surface area contributed by atoms with Crippen LogP contribution in [0.3, 0.4) is 0 Å². The van der Waals surface area contributed by atoms with E-state index in [-0.39, 0.29) is 24.2 Å². The Labute approximate surface area is 112 Å². The number of amides is 2. The maximum absolute atomic E-state index is 12.3. The fourth-order valence-electron chi connectivity index (χ4n) is 2.51. The van der Waals surface area contributed by atoms with Crippen LogP contribution in [0.2, 0.25) is 0 Å². The molecule has 1 heterocycles. The first-order chi connectivity index (χ1) is 9.01. The summed E-state index contributed by atoms with van der Waals surface area (Å²) in [6.45, 7) is 1.60. The average Bonchev–Trinajstić information content (AvgIpc) is 3.03. The lowest BCUT2D eigenvalue weighted by atomic mass is 10.0. The number of likely N-dealkylation sites (tertiary alicyclic amines) is 1. The lowest BCUT2D eigenvalue weighted by molar-refractivity contribution is -0.140. The first-order valence-electron chi connectivity index (χ1n) is 6.52. The van der Waals surface area contributed by atoms with Crippen molar-refractivity contribution in [2.45, 2.75) is 25.7 Å². The molecular weight excluding hydrogens is 248 g/mol. The van der Waals surface area contributed by atoms with Gasteiger partial charge in [-0.05, 0) is 25.7 Å². The summed E-state index contributed by atoms with van der Waals surface area (Å²) in [5.41, 5.74) is 4.68. The first-order valence-corrected chi connectivity index (χ1v) is 6.52. The van der Waals surface area contributed by atoms with Crippen LogP contribution >= 0.6 is 0 Å². The van der Waals surface area contributed by atoms with Gasteiger partial charge >= 0.3 is 0 Å². The largest absolute Gasteiger partial charge is 0.409 e. The molecular formula is C12H20N4O3. The third kappa shape index (κ3) is 2.50. The summed E-state index contributed by atoms with van der Waals surface area (Å²) in [7, 11) is 1.58. The Hall–Kier alpha value is -1.79. The van der Waals surface area contributed by atoms with E-state index >= 15 is 0 Å². The van der Waals surface area contributed by atoms with E-state index in [0.29, 0.717) is 12.8 Å². The summed E-state index contributed by atoms with van der Waals surface area (Å²) in [6, 6.07) is 0. The summed E-state index contributed by atoms with van der Waals surface area (Å²) in [4.78, 5) is 27.4. The second-order valence-corrected chi connectivity index (χ2v) is 5.32. The van der Waals surface area contributed by atoms with Crippen LogP contribution in [0.25, 0.3) is 0 Å². The highest BCUT2D eigenvalue weighted by atomic mass is 16.4. The Morgan fingerprint density at radius 3 is 2.42 bits per heavy atom. The fourth-order valence-corrected chi connectivity index (χ4v) is 2.51. The molecule has 0 spiro atoms. The normalized spacial score (nSPS) is 21.3. The maximum Gasteiger partial charge on any atom is 0.242 e. The third-order valence-corrected chi connectivity index (χ3v) is 3.94. The van der Waals surface area contributed by atoms with Crippen molar-refractivity contribution >= 4 is 17.6 Å². The number of likely N-dealkylation sites (N-methyl/N-ethyl adjacent to an activating group) is 1. The number of carbonyl (C=O) groups excluding carboxylic acids is 2. The van der Waals surface area contributed by atoms with E-state index in [1.165, 1.54) is 4.90 Å². The van der Waals surface area contributed by atoms with Crippen molar-refractivity contribution in [3.05, 3.63) is 0 Å². The van der Waals surface area contributed by atoms with Gasteiger partial charge in [0.1, 0.15) is 5.41 Å². The molecule has 0 radical (unpaired) electrons. The fraction of sp³-hybridized carbons (Fsp3) is 0.750. The van der Waals surface area contributed by atoms with Crippen LogP contribution in [0.15, 0.2) is 5.16 Å². The van der Waals surface area contributed by atoms with Crippen LogP contribution < -0.4 is 5.73 Å². The lowest BCUT2D eigenvalue weighted by Gasteiger charge is -2.24. The molecule has 1 saturated carbocycles. The molecule has 0 aromatic rings. The minimum Gasteiger partial charge on any atom is -0.409 e. The number of nitrogens with two attached hydrogens (primary N) is 1. The van der Waals surface area contributed by atoms with E-state index < -0.39 is 5.41 Å². The standard InChI is InChI=1S/C12H20N4O3/c1-15(8-9(17)16-6-2-3-7-16)11(18)12(4-5-12)10(13)14-19/h19H,2-8H2,1H3,(H2,13,14). The molecule has 3 N–H and O–H groups in total. The van der Waals surface area contributed by atoms with E-state index in [1.807, 2.05) is 0 Å². The molecule has 19 heavy (non-hydrogen) atoms. The lowest BCUT2D eigenvalue weighted by Crippen LogP contribution is -2.46. The van der Waals surface area contributed by atoms with E-state index in [1.54, 1.807) is 11.9 Å². The van der Waals surface area contributed by atoms with Gasteiger partial charge in [-0.3, -0.25) is 9.59 Å². The van der Waals surface area contributed by atoms with E-state index in [4.69, 9.17) is 10.9 Å². The van der Waals surface area contributed by atoms with Gasteiger partial charge in [0, 0.05) is 20.1 Å². The number of amidine groups is 1. The number of carbonyl (C=O) groups is 2. The Kier molecular flexibility index (Phi) is 3.64. The van der Waals surface area contributed by atoms with Gasteiger partial charge < -0.3 is 20.7 Å². The Bertz CT molecular complexity index is 411. The molecule has 7 nitrogen and oxygen atoms in total. The van der Waals surface area contributed by atoms with Crippen molar-refractivity contribution in [1.82, 2.24) is 9.80 Å². The van der Waals surface area contributed by atoms with Crippen molar-refractivity contribution in [3.8, 4) is 0 Å². The molecule has 2 rings (SSSR count). The van der Waals surface area contributed by atoms with Crippen LogP contribution in [-0.4, -0.2) is 59.3 Å². The van der Waals surface area contributed by atoms with Gasteiger partial charge in [0.05, 0.1) is 6.54 Å². The molecule has 0 bridgehead atoms. The number of hydrogen-bond acceptors (Lipinski definition) is 4. The van der Waals surface area contributed by atoms with Gasteiger partial charge in [-0.1, -0.05) is 5.16 Å². The van der Waals surface area contributed by atoms with Crippen molar-refractivity contribution < 1.29 is 14.8 Å². The SMILES string of the molecule is CN(CC(=O)N1CCCC1)C(=O)C1(C(N)=NO)CC1. The van der Waals surface area contributed by atoms with Crippen LogP contribution in [0.1, 0.15) is 25.7 Å². The van der Waals surface area contributed by atoms with Gasteiger partial charge in [-0.15, -0.1) is 0 Å². The van der Waals surface area contributed by atoms with E-state index in [9.17, 15) is 9.59 Å². The number of rotatable bonds is 4. The molecule has 2 aliphatic rings. The molecule has 0 atom stereocenters. The Balaban J connectivity index is 1.94. The Morgan fingerprint density at radius 1 is 1.37 bits per heavy atom. The minimum atomic E-state index is -0.880. The van der Waals surface area contributed by atoms with Crippen molar-refractivity contribution in [2.24, 2.45) is 16.3 Å². The molecule has 0 aromatic carbocycles. The third-order valence-electron chi connectivity index (χ3n) is 3.94. The predicted octanol–water partition coefficient (Wildman–Crippen LogP) is -0.406. The molecule has 106 valence electrons. The van der Waals surface area contributed by atoms with E-state index in [0.717, 1.165) is 25.9 Å². The first kappa shape index (κ1) is 13.6. The monoisotopic (exact) mass is 268 g/mol. The van der Waals surface area contributed by atoms with Gasteiger partial charge in [0.25, 0.3) is 0 Å². The maximum atomic E-state index is 12.3. The number of hydrogen-bond donors (Lipinski definition) is 2. The summed E-state index contributed by atoms with van der Waals surface area (Å²) >= 11 is 0. The molecule has 2 fully saturated rings. The minimum absolute atomic E-state index is 0.0383. The van der Waals surface area contributed by atoms with Gasteiger partial charge in [0.15, 0.2) is 5.84 Å². The van der Waals surface area contributed by atoms with Crippen LogP contribution in [0.5, 0.6) is 0 Å². The Morgan fingerprint density at radius 2 is 1.95 bits per heavy atom. The van der Waals surface area contributed by atoms with Crippen molar-refractivity contribution in [3.63, 3.8) is 0 Å². The summed E-state index contributed by atoms with van der Waals surface area (Å²) in [6.07, 6.45) is 3.20. The summed E-state index contributed by atoms with van der Waals surface area (Å²) < 4.78 is 0. The van der Waals surface area contributed by atoms with Gasteiger partial charge in [-0.25, -0.2) is 0 Å². The quantitative estimate of drug-likeness (QED) is 0.313. The van der Waals surface area contributed by atoms with E-state index in [2.05, 4.69) is 5.16 Å². The van der Waals surface area contributed by atoms with Gasteiger partial charge in [-0.2, -0.15) is 0 Å². The zero-order valence-electron chi connectivity index (χ0n) is 11.1. The van der Waals surface area contributed by atoms with Crippen molar-refractivity contribution in [1.29, 1.82) is 0 Å². The predicted molar refractivity (Wildman–Crippen MR) is 68.5 cm³/mol. The molecule has 7 heteroatoms. The molecule has 0 unspecified atom stereocenters. The number of oxime groups is 1. The second kappa shape index (κ2) is 5.07.